The van der Waals surface area contributed by atoms with Crippen molar-refractivity contribution in [2.24, 2.45) is 28.7 Å². The van der Waals surface area contributed by atoms with Gasteiger partial charge in [0.2, 0.25) is 112 Å². The number of aliphatic hydroxyl groups is 1. The average molecular weight is 1570 g/mol. The molecule has 43 nitrogen and oxygen atoms in total. The van der Waals surface area contributed by atoms with Crippen LogP contribution >= 0.6 is 0 Å². The van der Waals surface area contributed by atoms with Crippen LogP contribution in [-0.4, -0.2) is 327 Å². The van der Waals surface area contributed by atoms with E-state index in [0.717, 1.165) is 9.80 Å². The normalized spacial score (nSPS) is 22.1. The number of carboxylic acid groups (broad SMARTS) is 1. The summed E-state index contributed by atoms with van der Waals surface area (Å²) in [4.78, 5) is 275. The molecule has 0 aromatic carbocycles. The standard InChI is InChI=1S/C68H105N21O22/c69-22-2-1-10-39(63(105)85-25-4-12-43(85)61(103)80-38(19-21-50(72)92)58(100)77-35-56(98)84-24-6-14-45(84)65(107)87-27-7-15-46(87)66(108)88-28-8-16-47(88)67(109)89-29-9-17-48(89)68(110)111)81-59(101)40(30-51(73)93)78-54(96)34-75-52(94)32-74-53(95)33-76-57(99)37(18-20-49(71)91)79-62(104)44-13-5-26-86(44)64(106)41(36-90)82-60(102)42-11-3-23-83(42)55(97)31-70/h37-48,90H,1-36,69-70H2,(H2,71,91)(H2,72,92)(H2,73,93)(H,74,95)(H,75,94)(H,76,99)(H,77,100)(H,78,96)(H,79,104)(H,80,103)(H,81,101)(H,82,102)(H,110,111)/t37-,38-,39-,40-,41-,42-,43-,44-,45-,46-,47-,48-/m0/s1. The van der Waals surface area contributed by atoms with E-state index in [-0.39, 0.29) is 117 Å². The van der Waals surface area contributed by atoms with E-state index in [1.54, 1.807) is 0 Å². The summed E-state index contributed by atoms with van der Waals surface area (Å²) in [5.74, 6) is -16.6. The third kappa shape index (κ3) is 23.9. The quantitative estimate of drug-likeness (QED) is 0.0254. The van der Waals surface area contributed by atoms with E-state index in [1.807, 2.05) is 0 Å². The van der Waals surface area contributed by atoms with E-state index >= 15 is 0 Å². The highest BCUT2D eigenvalue weighted by atomic mass is 16.4. The first kappa shape index (κ1) is 87.5. The molecule has 7 saturated heterocycles. The van der Waals surface area contributed by atoms with Crippen LogP contribution in [0.4, 0.5) is 0 Å². The molecule has 12 atom stereocenters. The van der Waals surface area contributed by atoms with Crippen LogP contribution in [0.1, 0.15) is 141 Å². The average Bonchev–Trinajstić information content (AvgIpc) is 1.65. The number of primary amides is 3. The number of likely N-dealkylation sites (tertiary alicyclic amines) is 7. The van der Waals surface area contributed by atoms with E-state index in [2.05, 4.69) is 47.9 Å². The molecule has 7 fully saturated rings. The van der Waals surface area contributed by atoms with Crippen LogP contribution < -0.4 is 76.5 Å². The van der Waals surface area contributed by atoms with Crippen LogP contribution in [0.5, 0.6) is 0 Å². The van der Waals surface area contributed by atoms with Gasteiger partial charge in [0.05, 0.1) is 45.8 Å². The topological polar surface area (TPSA) is 643 Å². The van der Waals surface area contributed by atoms with Crippen LogP contribution in [0, 0.1) is 0 Å². The number of unbranched alkanes of at least 4 members (excludes halogenated alkanes) is 1. The van der Waals surface area contributed by atoms with Crippen molar-refractivity contribution in [3.63, 3.8) is 0 Å². The minimum absolute atomic E-state index is 0.0128. The van der Waals surface area contributed by atoms with Crippen LogP contribution in [0.25, 0.3) is 0 Å². The van der Waals surface area contributed by atoms with Gasteiger partial charge in [0, 0.05) is 58.7 Å². The highest BCUT2D eigenvalue weighted by molar-refractivity contribution is 6.01. The highest BCUT2D eigenvalue weighted by Crippen LogP contribution is 2.31. The molecule has 0 saturated carbocycles. The molecule has 0 radical (unpaired) electrons. The predicted molar refractivity (Wildman–Crippen MR) is 382 cm³/mol. The second-order valence-corrected chi connectivity index (χ2v) is 28.5. The second-order valence-electron chi connectivity index (χ2n) is 28.5. The fourth-order valence-corrected chi connectivity index (χ4v) is 15.2. The number of amides is 19. The third-order valence-electron chi connectivity index (χ3n) is 20.8. The molecule has 111 heavy (non-hydrogen) atoms. The predicted octanol–water partition coefficient (Wildman–Crippen LogP) is -10.6. The van der Waals surface area contributed by atoms with Crippen molar-refractivity contribution < 1.29 is 106 Å². The number of hydrogen-bond donors (Lipinski definition) is 16. The largest absolute Gasteiger partial charge is 0.480 e. The van der Waals surface area contributed by atoms with Gasteiger partial charge in [-0.2, -0.15) is 0 Å². The number of carbonyl (C=O) groups is 20. The summed E-state index contributed by atoms with van der Waals surface area (Å²) in [6.07, 6.45) is 2.57. The molecule has 21 N–H and O–H groups in total. The van der Waals surface area contributed by atoms with Crippen molar-refractivity contribution in [2.75, 3.05) is 91.7 Å². The Kier molecular flexibility index (Phi) is 33.0. The maximum atomic E-state index is 14.5. The van der Waals surface area contributed by atoms with E-state index in [1.165, 1.54) is 24.5 Å². The summed E-state index contributed by atoms with van der Waals surface area (Å²) in [6.45, 7) is -3.16. The number of nitrogens with zero attached hydrogens (tertiary/aromatic N) is 7. The van der Waals surface area contributed by atoms with Gasteiger partial charge >= 0.3 is 5.97 Å². The van der Waals surface area contributed by atoms with E-state index < -0.39 is 243 Å². The lowest BCUT2D eigenvalue weighted by atomic mass is 10.0. The van der Waals surface area contributed by atoms with Gasteiger partial charge in [-0.1, -0.05) is 0 Å². The molecule has 19 amide bonds. The lowest BCUT2D eigenvalue weighted by Crippen LogP contribution is -2.59. The molecule has 614 valence electrons. The Bertz CT molecular complexity index is 3530. The van der Waals surface area contributed by atoms with Gasteiger partial charge in [0.15, 0.2) is 0 Å². The van der Waals surface area contributed by atoms with Gasteiger partial charge in [-0.25, -0.2) is 4.79 Å². The number of carboxylic acids is 1. The lowest BCUT2D eigenvalue weighted by molar-refractivity contribution is -0.154. The molecule has 7 rings (SSSR count). The maximum Gasteiger partial charge on any atom is 0.326 e. The van der Waals surface area contributed by atoms with Gasteiger partial charge in [0.25, 0.3) is 0 Å². The lowest BCUT2D eigenvalue weighted by Gasteiger charge is -2.35. The Morgan fingerprint density at radius 2 is 0.721 bits per heavy atom. The zero-order valence-electron chi connectivity index (χ0n) is 62.0. The molecule has 43 heteroatoms. The Labute approximate surface area is 638 Å². The zero-order valence-corrected chi connectivity index (χ0v) is 62.0. The van der Waals surface area contributed by atoms with Gasteiger partial charge in [-0.3, -0.25) is 91.1 Å². The first-order chi connectivity index (χ1) is 52.9. The van der Waals surface area contributed by atoms with Crippen molar-refractivity contribution >= 4 is 118 Å². The summed E-state index contributed by atoms with van der Waals surface area (Å²) in [6, 6.07) is -15.0. The van der Waals surface area contributed by atoms with Crippen LogP contribution in [-0.2, 0) is 95.9 Å². The highest BCUT2D eigenvalue weighted by Gasteiger charge is 2.49. The second kappa shape index (κ2) is 41.9. The number of hydrogen-bond acceptors (Lipinski definition) is 23. The number of nitrogens with one attached hydrogen (secondary N) is 9. The molecule has 0 unspecified atom stereocenters. The Morgan fingerprint density at radius 1 is 0.351 bits per heavy atom. The van der Waals surface area contributed by atoms with E-state index in [0.29, 0.717) is 64.2 Å². The van der Waals surface area contributed by atoms with Gasteiger partial charge in [-0.05, 0) is 129 Å². The van der Waals surface area contributed by atoms with Crippen LogP contribution in [0.15, 0.2) is 0 Å². The summed E-state index contributed by atoms with van der Waals surface area (Å²) in [7, 11) is 0. The maximum absolute atomic E-state index is 14.5. The molecule has 7 heterocycles. The fourth-order valence-electron chi connectivity index (χ4n) is 15.2. The van der Waals surface area contributed by atoms with Crippen molar-refractivity contribution in [3.8, 4) is 0 Å². The van der Waals surface area contributed by atoms with Gasteiger partial charge in [0.1, 0.15) is 72.5 Å². The van der Waals surface area contributed by atoms with Crippen molar-refractivity contribution in [2.45, 2.75) is 214 Å². The van der Waals surface area contributed by atoms with E-state index in [9.17, 15) is 106 Å². The summed E-state index contributed by atoms with van der Waals surface area (Å²) >= 11 is 0. The SMILES string of the molecule is NCCCC[C@H](NC(=O)[C@H](CC(N)=O)NC(=O)CNC(=O)CNC(=O)CNC(=O)[C@H](CCC(N)=O)NC(=O)[C@@H]1CCCN1C(=O)[C@H](CO)NC(=O)[C@@H]1CCCN1C(=O)CN)C(=O)N1CCC[C@H]1C(=O)N[C@@H](CCC(N)=O)C(=O)NCC(=O)N1CCC[C@H]1C(=O)N1CCC[C@H]1C(=O)N1CCC[C@H]1C(=O)N1CCC[C@H]1C(=O)O. The number of aliphatic carboxylic acids is 1. The summed E-state index contributed by atoms with van der Waals surface area (Å²) in [5, 5.41) is 41.3. The minimum Gasteiger partial charge on any atom is -0.480 e. The number of aliphatic hydroxyl groups excluding tert-OH is 1. The van der Waals surface area contributed by atoms with Gasteiger partial charge < -0.3 is 121 Å². The molecule has 0 bridgehead atoms. The smallest absolute Gasteiger partial charge is 0.326 e. The van der Waals surface area contributed by atoms with Gasteiger partial charge in [-0.15, -0.1) is 0 Å². The summed E-state index contributed by atoms with van der Waals surface area (Å²) in [5.41, 5.74) is 27.5. The molecule has 0 aliphatic carbocycles. The molecular formula is C68H105N21O22. The molecule has 0 aromatic rings. The minimum atomic E-state index is -1.76. The molecule has 0 spiro atoms. The van der Waals surface area contributed by atoms with Crippen LogP contribution in [0.3, 0.4) is 0 Å². The fraction of sp³-hybridized carbons (Fsp3) is 0.706. The Morgan fingerprint density at radius 3 is 1.15 bits per heavy atom. The monoisotopic (exact) mass is 1570 g/mol. The molecule has 7 aliphatic heterocycles. The van der Waals surface area contributed by atoms with E-state index in [4.69, 9.17) is 28.7 Å². The summed E-state index contributed by atoms with van der Waals surface area (Å²) < 4.78 is 0. The third-order valence-corrected chi connectivity index (χ3v) is 20.8. The van der Waals surface area contributed by atoms with Crippen LogP contribution in [0.2, 0.25) is 0 Å². The Balaban J connectivity index is 0.879. The first-order valence-corrected chi connectivity index (χ1v) is 37.7. The van der Waals surface area contributed by atoms with Crippen molar-refractivity contribution in [1.29, 1.82) is 0 Å². The molecular weight excluding hydrogens is 1460 g/mol. The zero-order chi connectivity index (χ0) is 81.3. The Hall–Kier alpha value is -10.7. The number of nitrogens with two attached hydrogens (primary N) is 5. The molecule has 7 aliphatic rings. The van der Waals surface area contributed by atoms with Crippen molar-refractivity contribution in [1.82, 2.24) is 82.2 Å². The van der Waals surface area contributed by atoms with Crippen molar-refractivity contribution in [3.05, 3.63) is 0 Å². The molecule has 0 aromatic heterocycles. The number of carbonyl (C=O) groups excluding carboxylic acids is 19. The number of rotatable bonds is 39. The first-order valence-electron chi connectivity index (χ1n) is 37.7.